The standard InChI is InChI=1S/C19H14Cl2N4O3/c20-15-3-1-2-14-13(15)8-9-16(14)23-17-10-22-24(19(26)18(17)21)11-4-6-12(7-5-11)25(27)28/h1-7,10,16,23H,8-9H2. The van der Waals surface area contributed by atoms with Crippen LogP contribution in [0.25, 0.3) is 5.69 Å². The van der Waals surface area contributed by atoms with Crippen LogP contribution < -0.4 is 10.9 Å². The van der Waals surface area contributed by atoms with Gasteiger partial charge < -0.3 is 5.32 Å². The van der Waals surface area contributed by atoms with Crippen molar-refractivity contribution in [2.24, 2.45) is 0 Å². The molecule has 142 valence electrons. The van der Waals surface area contributed by atoms with Crippen molar-refractivity contribution in [3.8, 4) is 5.69 Å². The number of nitrogens with zero attached hydrogens (tertiary/aromatic N) is 3. The minimum Gasteiger partial charge on any atom is -0.376 e. The van der Waals surface area contributed by atoms with Crippen molar-refractivity contribution in [3.05, 3.63) is 90.3 Å². The first-order valence-corrected chi connectivity index (χ1v) is 9.28. The summed E-state index contributed by atoms with van der Waals surface area (Å²) in [5.41, 5.74) is 2.43. The molecule has 1 N–H and O–H groups in total. The molecular weight excluding hydrogens is 403 g/mol. The topological polar surface area (TPSA) is 90.1 Å². The largest absolute Gasteiger partial charge is 0.376 e. The molecule has 0 aliphatic heterocycles. The Morgan fingerprint density at radius 3 is 2.64 bits per heavy atom. The van der Waals surface area contributed by atoms with Gasteiger partial charge in [-0.3, -0.25) is 14.9 Å². The van der Waals surface area contributed by atoms with Gasteiger partial charge in [-0.1, -0.05) is 35.3 Å². The maximum Gasteiger partial charge on any atom is 0.292 e. The first kappa shape index (κ1) is 18.5. The van der Waals surface area contributed by atoms with Crippen molar-refractivity contribution in [3.63, 3.8) is 0 Å². The molecule has 4 rings (SSSR count). The molecule has 0 saturated carbocycles. The highest BCUT2D eigenvalue weighted by Gasteiger charge is 2.25. The van der Waals surface area contributed by atoms with Gasteiger partial charge in [0.05, 0.1) is 28.5 Å². The van der Waals surface area contributed by atoms with E-state index in [-0.39, 0.29) is 16.8 Å². The maximum absolute atomic E-state index is 12.7. The zero-order chi connectivity index (χ0) is 19.8. The Bertz CT molecular complexity index is 1130. The third-order valence-electron chi connectivity index (χ3n) is 4.77. The summed E-state index contributed by atoms with van der Waals surface area (Å²) >= 11 is 12.5. The molecule has 1 atom stereocenters. The summed E-state index contributed by atoms with van der Waals surface area (Å²) in [6.45, 7) is 0. The number of nitro benzene ring substituents is 1. The van der Waals surface area contributed by atoms with Crippen LogP contribution in [0.5, 0.6) is 0 Å². The van der Waals surface area contributed by atoms with Gasteiger partial charge in [-0.25, -0.2) is 0 Å². The van der Waals surface area contributed by atoms with E-state index in [9.17, 15) is 14.9 Å². The third-order valence-corrected chi connectivity index (χ3v) is 5.49. The first-order chi connectivity index (χ1) is 13.5. The second-order valence-corrected chi connectivity index (χ2v) is 7.19. The molecule has 2 aromatic carbocycles. The van der Waals surface area contributed by atoms with Gasteiger partial charge in [0.25, 0.3) is 11.2 Å². The van der Waals surface area contributed by atoms with Crippen molar-refractivity contribution >= 4 is 34.6 Å². The molecule has 1 aromatic heterocycles. The van der Waals surface area contributed by atoms with E-state index in [0.717, 1.165) is 33.7 Å². The number of fused-ring (bicyclic) bond motifs is 1. The van der Waals surface area contributed by atoms with Crippen LogP contribution in [0.4, 0.5) is 11.4 Å². The van der Waals surface area contributed by atoms with E-state index < -0.39 is 10.5 Å². The van der Waals surface area contributed by atoms with Crippen LogP contribution in [0, 0.1) is 10.1 Å². The number of hydrogen-bond donors (Lipinski definition) is 1. The summed E-state index contributed by atoms with van der Waals surface area (Å²) in [6, 6.07) is 11.3. The minimum atomic E-state index is -0.509. The average Bonchev–Trinajstić information content (AvgIpc) is 3.10. The monoisotopic (exact) mass is 416 g/mol. The Labute approximate surface area is 169 Å². The van der Waals surface area contributed by atoms with Crippen LogP contribution in [0.2, 0.25) is 10.0 Å². The molecule has 0 spiro atoms. The molecule has 0 radical (unpaired) electrons. The van der Waals surface area contributed by atoms with E-state index in [1.54, 1.807) is 0 Å². The molecular formula is C19H14Cl2N4O3. The summed E-state index contributed by atoms with van der Waals surface area (Å²) in [6.07, 6.45) is 3.16. The molecule has 0 saturated heterocycles. The highest BCUT2D eigenvalue weighted by molar-refractivity contribution is 6.33. The second kappa shape index (κ2) is 7.26. The smallest absolute Gasteiger partial charge is 0.292 e. The number of anilines is 1. The third kappa shape index (κ3) is 3.23. The van der Waals surface area contributed by atoms with Gasteiger partial charge in [0.15, 0.2) is 0 Å². The van der Waals surface area contributed by atoms with E-state index in [0.29, 0.717) is 11.4 Å². The quantitative estimate of drug-likeness (QED) is 0.497. The van der Waals surface area contributed by atoms with Crippen molar-refractivity contribution in [1.29, 1.82) is 0 Å². The van der Waals surface area contributed by atoms with Crippen molar-refractivity contribution in [1.82, 2.24) is 9.78 Å². The van der Waals surface area contributed by atoms with E-state index in [1.165, 1.54) is 30.5 Å². The zero-order valence-electron chi connectivity index (χ0n) is 14.4. The lowest BCUT2D eigenvalue weighted by molar-refractivity contribution is -0.384. The number of non-ortho nitro benzene ring substituents is 1. The normalized spacial score (nSPS) is 15.3. The van der Waals surface area contributed by atoms with Crippen LogP contribution in [-0.2, 0) is 6.42 Å². The van der Waals surface area contributed by atoms with E-state index in [1.807, 2.05) is 18.2 Å². The highest BCUT2D eigenvalue weighted by atomic mass is 35.5. The Morgan fingerprint density at radius 1 is 1.18 bits per heavy atom. The number of hydrogen-bond acceptors (Lipinski definition) is 5. The van der Waals surface area contributed by atoms with Gasteiger partial charge in [-0.2, -0.15) is 9.78 Å². The molecule has 0 bridgehead atoms. The molecule has 3 aromatic rings. The fraction of sp³-hybridized carbons (Fsp3) is 0.158. The van der Waals surface area contributed by atoms with Crippen LogP contribution >= 0.6 is 23.2 Å². The minimum absolute atomic E-state index is 0.00355. The summed E-state index contributed by atoms with van der Waals surface area (Å²) in [5.74, 6) is 0. The van der Waals surface area contributed by atoms with Gasteiger partial charge in [0, 0.05) is 17.2 Å². The summed E-state index contributed by atoms with van der Waals surface area (Å²) < 4.78 is 1.11. The number of halogens is 2. The van der Waals surface area contributed by atoms with E-state index >= 15 is 0 Å². The molecule has 28 heavy (non-hydrogen) atoms. The number of benzene rings is 2. The molecule has 1 unspecified atom stereocenters. The summed E-state index contributed by atoms with van der Waals surface area (Å²) in [4.78, 5) is 22.9. The van der Waals surface area contributed by atoms with Gasteiger partial charge in [0.2, 0.25) is 0 Å². The van der Waals surface area contributed by atoms with Crippen molar-refractivity contribution in [2.75, 3.05) is 5.32 Å². The van der Waals surface area contributed by atoms with Crippen LogP contribution in [0.15, 0.2) is 53.5 Å². The molecule has 0 amide bonds. The summed E-state index contributed by atoms with van der Waals surface area (Å²) in [7, 11) is 0. The fourth-order valence-corrected chi connectivity index (χ4v) is 3.84. The van der Waals surface area contributed by atoms with Gasteiger partial charge >= 0.3 is 0 Å². The number of nitrogens with one attached hydrogen (secondary N) is 1. The lowest BCUT2D eigenvalue weighted by atomic mass is 10.1. The number of rotatable bonds is 4. The highest BCUT2D eigenvalue weighted by Crippen LogP contribution is 2.38. The van der Waals surface area contributed by atoms with Gasteiger partial charge in [-0.15, -0.1) is 0 Å². The Morgan fingerprint density at radius 2 is 1.93 bits per heavy atom. The van der Waals surface area contributed by atoms with Gasteiger partial charge in [0.1, 0.15) is 5.02 Å². The molecule has 1 aliphatic rings. The van der Waals surface area contributed by atoms with Crippen LogP contribution in [0.1, 0.15) is 23.6 Å². The number of nitro groups is 1. The molecule has 7 nitrogen and oxygen atoms in total. The zero-order valence-corrected chi connectivity index (χ0v) is 15.9. The van der Waals surface area contributed by atoms with Crippen molar-refractivity contribution < 1.29 is 4.92 Å². The molecule has 1 heterocycles. The molecule has 1 aliphatic carbocycles. The Balaban J connectivity index is 1.63. The molecule has 9 heteroatoms. The van der Waals surface area contributed by atoms with Crippen molar-refractivity contribution in [2.45, 2.75) is 18.9 Å². The Kier molecular flexibility index (Phi) is 4.78. The molecule has 0 fully saturated rings. The van der Waals surface area contributed by atoms with Crippen LogP contribution in [-0.4, -0.2) is 14.7 Å². The maximum atomic E-state index is 12.7. The first-order valence-electron chi connectivity index (χ1n) is 8.52. The van der Waals surface area contributed by atoms with Crippen LogP contribution in [0.3, 0.4) is 0 Å². The SMILES string of the molecule is O=c1c(Cl)c(NC2CCc3c(Cl)cccc32)cnn1-c1ccc([N+](=O)[O-])cc1. The predicted molar refractivity (Wildman–Crippen MR) is 108 cm³/mol. The predicted octanol–water partition coefficient (Wildman–Crippen LogP) is 4.55. The fourth-order valence-electron chi connectivity index (χ4n) is 3.38. The second-order valence-electron chi connectivity index (χ2n) is 6.41. The van der Waals surface area contributed by atoms with E-state index in [2.05, 4.69) is 10.4 Å². The van der Waals surface area contributed by atoms with Gasteiger partial charge in [-0.05, 0) is 42.2 Å². The van der Waals surface area contributed by atoms with E-state index in [4.69, 9.17) is 23.2 Å². The summed E-state index contributed by atoms with van der Waals surface area (Å²) in [5, 5.41) is 19.0. The average molecular weight is 417 g/mol. The lowest BCUT2D eigenvalue weighted by Gasteiger charge is -2.17. The Hall–Kier alpha value is -2.90. The number of aromatic nitrogens is 2. The lowest BCUT2D eigenvalue weighted by Crippen LogP contribution is -2.23.